The van der Waals surface area contributed by atoms with Crippen molar-refractivity contribution in [1.82, 2.24) is 15.3 Å². The van der Waals surface area contributed by atoms with Crippen LogP contribution in [0.15, 0.2) is 48.8 Å². The molecule has 0 radical (unpaired) electrons. The number of aromatic nitrogens is 2. The van der Waals surface area contributed by atoms with E-state index in [0.717, 1.165) is 12.3 Å². The van der Waals surface area contributed by atoms with Crippen molar-refractivity contribution in [2.45, 2.75) is 5.75 Å². The second-order valence-electron chi connectivity index (χ2n) is 6.96. The number of amides is 1. The van der Waals surface area contributed by atoms with Gasteiger partial charge in [-0.1, -0.05) is 0 Å². The minimum atomic E-state index is -3.07. The fraction of sp³-hybridized carbons (Fsp3) is 0.190. The molecule has 1 aromatic carbocycles. The highest BCUT2D eigenvalue weighted by molar-refractivity contribution is 7.91. The van der Waals surface area contributed by atoms with Crippen molar-refractivity contribution >= 4 is 27.5 Å². The van der Waals surface area contributed by atoms with Gasteiger partial charge in [-0.2, -0.15) is 0 Å². The van der Waals surface area contributed by atoms with Crippen molar-refractivity contribution in [1.29, 1.82) is 4.78 Å². The number of hydrogen-bond donors (Lipinski definition) is 4. The van der Waals surface area contributed by atoms with Crippen LogP contribution < -0.4 is 15.4 Å². The van der Waals surface area contributed by atoms with Gasteiger partial charge in [0.25, 0.3) is 0 Å². The van der Waals surface area contributed by atoms with Gasteiger partial charge in [-0.05, 0) is 35.9 Å². The lowest BCUT2D eigenvalue weighted by molar-refractivity contribution is 0.195. The highest BCUT2D eigenvalue weighted by Gasteiger charge is 2.14. The molecule has 12 heteroatoms. The predicted molar refractivity (Wildman–Crippen MR) is 119 cm³/mol. The van der Waals surface area contributed by atoms with Crippen molar-refractivity contribution in [2.24, 2.45) is 0 Å². The first-order valence-electron chi connectivity index (χ1n) is 9.59. The smallest absolute Gasteiger partial charge is 0.404 e. The van der Waals surface area contributed by atoms with E-state index in [4.69, 9.17) is 14.6 Å². The molecule has 1 atom stereocenters. The summed E-state index contributed by atoms with van der Waals surface area (Å²) in [6, 6.07) is 8.33. The minimum absolute atomic E-state index is 0.0943. The fourth-order valence-corrected chi connectivity index (χ4v) is 4.32. The highest BCUT2D eigenvalue weighted by atomic mass is 32.2. The summed E-state index contributed by atoms with van der Waals surface area (Å²) < 4.78 is 53.5. The zero-order valence-electron chi connectivity index (χ0n) is 17.5. The van der Waals surface area contributed by atoms with Gasteiger partial charge in [0.2, 0.25) is 0 Å². The number of ether oxygens (including phenoxy) is 1. The van der Waals surface area contributed by atoms with Crippen LogP contribution >= 0.6 is 0 Å². The van der Waals surface area contributed by atoms with Gasteiger partial charge in [0.15, 0.2) is 0 Å². The predicted octanol–water partition coefficient (Wildman–Crippen LogP) is 3.99. The van der Waals surface area contributed by atoms with Gasteiger partial charge >= 0.3 is 6.09 Å². The third kappa shape index (κ3) is 6.59. The molecule has 174 valence electrons. The Morgan fingerprint density at radius 3 is 2.64 bits per heavy atom. The number of anilines is 2. The van der Waals surface area contributed by atoms with Crippen LogP contribution in [0.1, 0.15) is 5.56 Å². The Bertz CT molecular complexity index is 1270. The van der Waals surface area contributed by atoms with Crippen LogP contribution in [0.3, 0.4) is 0 Å². The second kappa shape index (κ2) is 10.2. The maximum Gasteiger partial charge on any atom is 0.404 e. The molecule has 0 spiro atoms. The molecule has 1 amide bonds. The molecule has 0 aliphatic rings. The van der Waals surface area contributed by atoms with Gasteiger partial charge in [0.1, 0.15) is 29.0 Å². The van der Waals surface area contributed by atoms with Crippen molar-refractivity contribution < 1.29 is 27.6 Å². The summed E-state index contributed by atoms with van der Waals surface area (Å²) >= 11 is 0. The molecule has 2 heterocycles. The normalized spacial score (nSPS) is 12.6. The van der Waals surface area contributed by atoms with Crippen LogP contribution in [0.4, 0.5) is 25.2 Å². The lowest BCUT2D eigenvalue weighted by Gasteiger charge is -2.12. The SMILES string of the molecule is COc1cc(F)ccc1-c1cc(Nc2cc(CS(=N)(=O)CCNC(=O)O)ccn2)ncc1F. The zero-order chi connectivity index (χ0) is 24.0. The topological polar surface area (TPSA) is 137 Å². The van der Waals surface area contributed by atoms with E-state index in [1.807, 2.05) is 0 Å². The molecule has 3 rings (SSSR count). The van der Waals surface area contributed by atoms with E-state index in [2.05, 4.69) is 20.6 Å². The van der Waals surface area contributed by atoms with E-state index in [0.29, 0.717) is 16.9 Å². The van der Waals surface area contributed by atoms with Gasteiger partial charge in [0, 0.05) is 35.7 Å². The van der Waals surface area contributed by atoms with E-state index in [1.165, 1.54) is 31.5 Å². The van der Waals surface area contributed by atoms with Crippen LogP contribution in [-0.4, -0.2) is 44.8 Å². The van der Waals surface area contributed by atoms with Crippen molar-refractivity contribution in [3.63, 3.8) is 0 Å². The van der Waals surface area contributed by atoms with Gasteiger partial charge in [-0.25, -0.2) is 27.8 Å². The molecule has 0 aliphatic heterocycles. The van der Waals surface area contributed by atoms with Crippen molar-refractivity contribution in [3.05, 3.63) is 66.0 Å². The number of methoxy groups -OCH3 is 1. The van der Waals surface area contributed by atoms with Crippen LogP contribution in [0, 0.1) is 16.4 Å². The average molecular weight is 477 g/mol. The van der Waals surface area contributed by atoms with E-state index >= 15 is 0 Å². The van der Waals surface area contributed by atoms with Gasteiger partial charge in [0.05, 0.1) is 28.8 Å². The lowest BCUT2D eigenvalue weighted by atomic mass is 10.0. The molecule has 2 aromatic heterocycles. The third-order valence-corrected chi connectivity index (χ3v) is 6.16. The standard InChI is InChI=1S/C21H21F2N5O4S/c1-32-18-9-14(22)2-3-15(18)16-10-20(27-11-17(16)23)28-19-8-13(4-5-25-19)12-33(24,31)7-6-26-21(29)30/h2-5,8-11,24,26H,6-7,12H2,1H3,(H,29,30)(H,25,27,28). The Morgan fingerprint density at radius 2 is 1.91 bits per heavy atom. The summed E-state index contributed by atoms with van der Waals surface area (Å²) in [4.78, 5) is 18.7. The number of pyridine rings is 2. The Hall–Kier alpha value is -3.80. The number of rotatable bonds is 9. The monoisotopic (exact) mass is 477 g/mol. The Morgan fingerprint density at radius 1 is 1.15 bits per heavy atom. The summed E-state index contributed by atoms with van der Waals surface area (Å²) in [5.41, 5.74) is 1.03. The maximum absolute atomic E-state index is 14.5. The quantitative estimate of drug-likeness (QED) is 0.366. The Kier molecular flexibility index (Phi) is 7.38. The third-order valence-electron chi connectivity index (χ3n) is 4.50. The number of halogens is 2. The Labute approximate surface area is 188 Å². The van der Waals surface area contributed by atoms with Crippen LogP contribution in [0.5, 0.6) is 5.75 Å². The van der Waals surface area contributed by atoms with Crippen molar-refractivity contribution in [3.8, 4) is 16.9 Å². The van der Waals surface area contributed by atoms with E-state index < -0.39 is 27.5 Å². The largest absolute Gasteiger partial charge is 0.496 e. The molecule has 0 aliphatic carbocycles. The number of nitrogens with one attached hydrogen (secondary N) is 3. The first-order valence-corrected chi connectivity index (χ1v) is 11.5. The molecule has 3 aromatic rings. The average Bonchev–Trinajstić information content (AvgIpc) is 2.74. The summed E-state index contributed by atoms with van der Waals surface area (Å²) in [6.45, 7) is -0.0943. The first-order chi connectivity index (χ1) is 15.7. The molecule has 0 saturated heterocycles. The number of benzene rings is 1. The molecule has 0 saturated carbocycles. The number of hydrogen-bond acceptors (Lipinski definition) is 7. The minimum Gasteiger partial charge on any atom is -0.496 e. The van der Waals surface area contributed by atoms with Gasteiger partial charge in [-0.15, -0.1) is 0 Å². The highest BCUT2D eigenvalue weighted by Crippen LogP contribution is 2.33. The molecule has 0 bridgehead atoms. The number of nitrogens with zero attached hydrogens (tertiary/aromatic N) is 2. The van der Waals surface area contributed by atoms with Crippen LogP contribution in [0.25, 0.3) is 11.1 Å². The molecular weight excluding hydrogens is 456 g/mol. The molecular formula is C21H21F2N5O4S. The molecule has 9 nitrogen and oxygen atoms in total. The fourth-order valence-electron chi connectivity index (χ4n) is 3.03. The van der Waals surface area contributed by atoms with Gasteiger partial charge < -0.3 is 20.5 Å². The molecule has 0 fully saturated rings. The molecule has 4 N–H and O–H groups in total. The van der Waals surface area contributed by atoms with E-state index in [1.54, 1.807) is 12.1 Å². The molecule has 33 heavy (non-hydrogen) atoms. The second-order valence-corrected chi connectivity index (χ2v) is 9.28. The van der Waals surface area contributed by atoms with Crippen LogP contribution in [0.2, 0.25) is 0 Å². The summed E-state index contributed by atoms with van der Waals surface area (Å²) in [5.74, 6) is -0.645. The van der Waals surface area contributed by atoms with Gasteiger partial charge in [-0.3, -0.25) is 4.78 Å². The van der Waals surface area contributed by atoms with E-state index in [9.17, 15) is 17.8 Å². The number of carboxylic acid groups (broad SMARTS) is 1. The lowest BCUT2D eigenvalue weighted by Crippen LogP contribution is -2.27. The summed E-state index contributed by atoms with van der Waals surface area (Å²) in [5, 5.41) is 13.6. The summed E-state index contributed by atoms with van der Waals surface area (Å²) in [7, 11) is -1.72. The first kappa shape index (κ1) is 23.9. The van der Waals surface area contributed by atoms with E-state index in [-0.39, 0.29) is 35.2 Å². The van der Waals surface area contributed by atoms with Crippen LogP contribution in [-0.2, 0) is 15.5 Å². The summed E-state index contributed by atoms with van der Waals surface area (Å²) in [6.07, 6.45) is 1.22. The Balaban J connectivity index is 1.80. The molecule has 1 unspecified atom stereocenters. The van der Waals surface area contributed by atoms with Crippen molar-refractivity contribution in [2.75, 3.05) is 24.7 Å². The number of carbonyl (C=O) groups is 1. The maximum atomic E-state index is 14.5. The zero-order valence-corrected chi connectivity index (χ0v) is 18.3.